The average Bonchev–Trinajstić information content (AvgIpc) is 3.38. The van der Waals surface area contributed by atoms with Crippen molar-refractivity contribution in [2.24, 2.45) is 11.7 Å². The molecule has 3 N–H and O–H groups in total. The smallest absolute Gasteiger partial charge is 0.252 e. The second-order valence-electron chi connectivity index (χ2n) is 12.2. The lowest BCUT2D eigenvalue weighted by atomic mass is 9.88. The maximum atomic E-state index is 11.8. The van der Waals surface area contributed by atoms with Gasteiger partial charge in [0.05, 0.1) is 24.1 Å². The number of carbonyl (C=O) groups excluding carboxylic acids is 1. The third-order valence-corrected chi connectivity index (χ3v) is 8.59. The van der Waals surface area contributed by atoms with Crippen LogP contribution in [0.1, 0.15) is 53.7 Å². The average molecular weight is 596 g/mol. The molecule has 44 heavy (non-hydrogen) atoms. The van der Waals surface area contributed by atoms with Crippen LogP contribution in [0.3, 0.4) is 0 Å². The highest BCUT2D eigenvalue weighted by atomic mass is 16.5. The molecule has 1 fully saturated rings. The molecule has 0 spiro atoms. The fourth-order valence-corrected chi connectivity index (χ4v) is 6.25. The first-order valence-corrected chi connectivity index (χ1v) is 15.6. The summed E-state index contributed by atoms with van der Waals surface area (Å²) < 4.78 is 7.84. The number of likely N-dealkylation sites (N-methyl/N-ethyl adjacent to an activating group) is 1. The van der Waals surface area contributed by atoms with E-state index in [0.29, 0.717) is 19.0 Å². The Morgan fingerprint density at radius 2 is 1.70 bits per heavy atom. The molecule has 8 nitrogen and oxygen atoms in total. The Morgan fingerprint density at radius 1 is 0.977 bits per heavy atom. The van der Waals surface area contributed by atoms with Crippen molar-refractivity contribution in [1.82, 2.24) is 19.4 Å². The van der Waals surface area contributed by atoms with Crippen molar-refractivity contribution in [2.45, 2.75) is 51.7 Å². The lowest BCUT2D eigenvalue weighted by molar-refractivity contribution is 0.0997. The fraction of sp³-hybridized carbons (Fsp3) is 0.389. The monoisotopic (exact) mass is 595 g/mol. The first-order chi connectivity index (χ1) is 21.3. The van der Waals surface area contributed by atoms with Crippen LogP contribution in [-0.2, 0) is 19.6 Å². The Labute approximate surface area is 261 Å². The van der Waals surface area contributed by atoms with Crippen LogP contribution in [0.4, 0.5) is 0 Å². The molecule has 4 aromatic rings. The number of hydrogen-bond donors (Lipinski definition) is 2. The van der Waals surface area contributed by atoms with Crippen molar-refractivity contribution in [3.63, 3.8) is 0 Å². The van der Waals surface area contributed by atoms with Crippen LogP contribution in [0.5, 0.6) is 11.5 Å². The number of primary amides is 1. The summed E-state index contributed by atoms with van der Waals surface area (Å²) in [4.78, 5) is 21.8. The SMILES string of the molecule is COc1ccc(-c2nc(-c3ccccc3)n(CCN(C)C)c2CN(Cc2ccc(C(N)=O)c(O)c2)CC2CCCCC2)cc1. The second kappa shape index (κ2) is 14.6. The van der Waals surface area contributed by atoms with Gasteiger partial charge in [0.2, 0.25) is 0 Å². The zero-order chi connectivity index (χ0) is 31.1. The van der Waals surface area contributed by atoms with E-state index in [9.17, 15) is 9.90 Å². The molecule has 8 heteroatoms. The highest BCUT2D eigenvalue weighted by Crippen LogP contribution is 2.33. The molecule has 0 radical (unpaired) electrons. The Bertz CT molecular complexity index is 1530. The van der Waals surface area contributed by atoms with E-state index in [4.69, 9.17) is 15.5 Å². The number of hydrogen-bond acceptors (Lipinski definition) is 6. The molecule has 232 valence electrons. The zero-order valence-corrected chi connectivity index (χ0v) is 26.2. The van der Waals surface area contributed by atoms with Crippen LogP contribution in [0, 0.1) is 5.92 Å². The first-order valence-electron chi connectivity index (χ1n) is 15.6. The molecule has 1 amide bonds. The lowest BCUT2D eigenvalue weighted by Gasteiger charge is -2.30. The van der Waals surface area contributed by atoms with Gasteiger partial charge in [0.15, 0.2) is 0 Å². The van der Waals surface area contributed by atoms with Crippen LogP contribution < -0.4 is 10.5 Å². The number of aromatic hydroxyl groups is 1. The lowest BCUT2D eigenvalue weighted by Crippen LogP contribution is -2.31. The molecule has 0 bridgehead atoms. The van der Waals surface area contributed by atoms with Crippen LogP contribution in [-0.4, -0.2) is 64.7 Å². The Hall–Kier alpha value is -4.14. The second-order valence-corrected chi connectivity index (χ2v) is 12.2. The van der Waals surface area contributed by atoms with Gasteiger partial charge in [-0.25, -0.2) is 4.98 Å². The molecule has 0 saturated heterocycles. The van der Waals surface area contributed by atoms with Gasteiger partial charge in [0.1, 0.15) is 17.3 Å². The summed E-state index contributed by atoms with van der Waals surface area (Å²) in [5.41, 5.74) is 10.8. The van der Waals surface area contributed by atoms with Crippen molar-refractivity contribution >= 4 is 5.91 Å². The number of benzene rings is 3. The molecule has 5 rings (SSSR count). The number of ether oxygens (including phenoxy) is 1. The number of nitrogens with zero attached hydrogens (tertiary/aromatic N) is 4. The number of aromatic nitrogens is 2. The molecular weight excluding hydrogens is 550 g/mol. The first kappa shape index (κ1) is 31.3. The number of rotatable bonds is 13. The Kier molecular flexibility index (Phi) is 10.4. The number of amides is 1. The number of carbonyl (C=O) groups is 1. The van der Waals surface area contributed by atoms with E-state index in [2.05, 4.69) is 64.9 Å². The van der Waals surface area contributed by atoms with Gasteiger partial charge in [-0.1, -0.05) is 55.7 Å². The number of imidazole rings is 1. The number of nitrogens with two attached hydrogens (primary N) is 1. The summed E-state index contributed by atoms with van der Waals surface area (Å²) in [6, 6.07) is 23.8. The van der Waals surface area contributed by atoms with E-state index in [-0.39, 0.29) is 11.3 Å². The van der Waals surface area contributed by atoms with Gasteiger partial charge in [0.25, 0.3) is 5.91 Å². The number of methoxy groups -OCH3 is 1. The van der Waals surface area contributed by atoms with Gasteiger partial charge in [-0.05, 0) is 74.8 Å². The molecule has 0 unspecified atom stereocenters. The standard InChI is InChI=1S/C36H45N5O3/c1-39(2)20-21-41-32(34(28-15-17-30(44-3)18-16-28)38-36(41)29-12-8-5-9-13-29)25-40(23-26-10-6-4-7-11-26)24-27-14-19-31(35(37)43)33(42)22-27/h5,8-9,12-19,22,26,42H,4,6-7,10-11,20-21,23-25H2,1-3H3,(H2,37,43). The quantitative estimate of drug-likeness (QED) is 0.192. The van der Waals surface area contributed by atoms with Crippen LogP contribution in [0.25, 0.3) is 22.6 Å². The molecule has 3 aromatic carbocycles. The molecular formula is C36H45N5O3. The van der Waals surface area contributed by atoms with Crippen LogP contribution in [0.2, 0.25) is 0 Å². The molecule has 1 aliphatic rings. The van der Waals surface area contributed by atoms with E-state index >= 15 is 0 Å². The number of phenols is 1. The predicted molar refractivity (Wildman–Crippen MR) is 176 cm³/mol. The van der Waals surface area contributed by atoms with Crippen molar-refractivity contribution in [3.05, 3.63) is 89.6 Å². The molecule has 1 saturated carbocycles. The van der Waals surface area contributed by atoms with E-state index < -0.39 is 5.91 Å². The highest BCUT2D eigenvalue weighted by molar-refractivity contribution is 5.95. The highest BCUT2D eigenvalue weighted by Gasteiger charge is 2.25. The minimum absolute atomic E-state index is 0.0751. The summed E-state index contributed by atoms with van der Waals surface area (Å²) in [6.45, 7) is 3.92. The summed E-state index contributed by atoms with van der Waals surface area (Å²) in [5, 5.41) is 10.6. The minimum atomic E-state index is -0.629. The van der Waals surface area contributed by atoms with Crippen molar-refractivity contribution < 1.29 is 14.6 Å². The van der Waals surface area contributed by atoms with Crippen LogP contribution in [0.15, 0.2) is 72.8 Å². The molecule has 0 atom stereocenters. The summed E-state index contributed by atoms with van der Waals surface area (Å²) in [6.07, 6.45) is 6.29. The maximum Gasteiger partial charge on any atom is 0.252 e. The third-order valence-electron chi connectivity index (χ3n) is 8.59. The normalized spacial score (nSPS) is 13.9. The van der Waals surface area contributed by atoms with Crippen molar-refractivity contribution in [1.29, 1.82) is 0 Å². The van der Waals surface area contributed by atoms with Gasteiger partial charge in [0, 0.05) is 43.9 Å². The van der Waals surface area contributed by atoms with Gasteiger partial charge in [-0.15, -0.1) is 0 Å². The maximum absolute atomic E-state index is 11.8. The minimum Gasteiger partial charge on any atom is -0.507 e. The predicted octanol–water partition coefficient (Wildman–Crippen LogP) is 6.17. The van der Waals surface area contributed by atoms with E-state index in [1.54, 1.807) is 19.2 Å². The van der Waals surface area contributed by atoms with Gasteiger partial charge in [-0.2, -0.15) is 0 Å². The van der Waals surface area contributed by atoms with Crippen LogP contribution >= 0.6 is 0 Å². The Balaban J connectivity index is 1.59. The van der Waals surface area contributed by atoms with Crippen molar-refractivity contribution in [2.75, 3.05) is 34.3 Å². The Morgan fingerprint density at radius 3 is 2.34 bits per heavy atom. The summed E-state index contributed by atoms with van der Waals surface area (Å²) in [5.74, 6) is 1.67. The van der Waals surface area contributed by atoms with E-state index in [1.165, 1.54) is 32.1 Å². The largest absolute Gasteiger partial charge is 0.507 e. The van der Waals surface area contributed by atoms with E-state index in [1.807, 2.05) is 24.3 Å². The third kappa shape index (κ3) is 7.68. The van der Waals surface area contributed by atoms with Gasteiger partial charge in [-0.3, -0.25) is 9.69 Å². The van der Waals surface area contributed by atoms with Crippen molar-refractivity contribution in [3.8, 4) is 34.1 Å². The van der Waals surface area contributed by atoms with E-state index in [0.717, 1.165) is 59.3 Å². The zero-order valence-electron chi connectivity index (χ0n) is 26.2. The summed E-state index contributed by atoms with van der Waals surface area (Å²) in [7, 11) is 5.88. The fourth-order valence-electron chi connectivity index (χ4n) is 6.25. The van der Waals surface area contributed by atoms with Gasteiger partial charge >= 0.3 is 0 Å². The molecule has 1 aromatic heterocycles. The topological polar surface area (TPSA) is 96.9 Å². The molecule has 1 aliphatic carbocycles. The molecule has 1 heterocycles. The molecule has 0 aliphatic heterocycles. The summed E-state index contributed by atoms with van der Waals surface area (Å²) >= 11 is 0. The van der Waals surface area contributed by atoms with Gasteiger partial charge < -0.3 is 25.0 Å².